The number of hydrogen-bond acceptors (Lipinski definition) is 1. The average Bonchev–Trinajstić information content (AvgIpc) is 3.14. The summed E-state index contributed by atoms with van der Waals surface area (Å²) in [7, 11) is 0. The van der Waals surface area contributed by atoms with Gasteiger partial charge in [-0.1, -0.05) is 84.0 Å². The second kappa shape index (κ2) is 9.80. The summed E-state index contributed by atoms with van der Waals surface area (Å²) in [6.07, 6.45) is 18.5. The molecule has 1 atom stereocenters. The second-order valence-electron chi connectivity index (χ2n) is 7.08. The number of rotatable bonds is 13. The Labute approximate surface area is 121 Å². The third-order valence-corrected chi connectivity index (χ3v) is 4.49. The first-order chi connectivity index (χ1) is 9.14. The van der Waals surface area contributed by atoms with Crippen LogP contribution < -0.4 is 0 Å². The van der Waals surface area contributed by atoms with Gasteiger partial charge in [0, 0.05) is 0 Å². The van der Waals surface area contributed by atoms with E-state index in [1.807, 2.05) is 6.92 Å². The third kappa shape index (κ3) is 10.4. The quantitative estimate of drug-likeness (QED) is 0.415. The minimum absolute atomic E-state index is 0.374. The van der Waals surface area contributed by atoms with Crippen LogP contribution in [-0.4, -0.2) is 10.7 Å². The Morgan fingerprint density at radius 3 is 1.79 bits per heavy atom. The fraction of sp³-hybridized carbons (Fsp3) is 1.00. The van der Waals surface area contributed by atoms with Crippen molar-refractivity contribution in [1.29, 1.82) is 0 Å². The molecule has 0 aromatic rings. The van der Waals surface area contributed by atoms with Crippen molar-refractivity contribution >= 4 is 0 Å². The Kier molecular flexibility index (Phi) is 8.77. The molecular formula is C18H36O. The van der Waals surface area contributed by atoms with Crippen LogP contribution in [-0.2, 0) is 0 Å². The van der Waals surface area contributed by atoms with E-state index in [4.69, 9.17) is 0 Å². The minimum Gasteiger partial charge on any atom is -0.390 e. The van der Waals surface area contributed by atoms with Crippen LogP contribution in [0.4, 0.5) is 0 Å². The van der Waals surface area contributed by atoms with Crippen molar-refractivity contribution in [2.75, 3.05) is 0 Å². The zero-order valence-corrected chi connectivity index (χ0v) is 13.4. The lowest BCUT2D eigenvalue weighted by Crippen LogP contribution is -2.24. The Balaban J connectivity index is 1.80. The first-order valence-corrected chi connectivity index (χ1v) is 8.86. The van der Waals surface area contributed by atoms with Gasteiger partial charge in [0.05, 0.1) is 5.60 Å². The highest BCUT2D eigenvalue weighted by Gasteiger charge is 2.30. The van der Waals surface area contributed by atoms with E-state index in [9.17, 15) is 5.11 Å². The Morgan fingerprint density at radius 2 is 1.32 bits per heavy atom. The predicted octanol–water partition coefficient (Wildman–Crippen LogP) is 5.85. The van der Waals surface area contributed by atoms with E-state index in [-0.39, 0.29) is 5.60 Å². The highest BCUT2D eigenvalue weighted by Crippen LogP contribution is 2.38. The lowest BCUT2D eigenvalue weighted by Gasteiger charge is -2.23. The zero-order chi connectivity index (χ0) is 14.0. The summed E-state index contributed by atoms with van der Waals surface area (Å²) >= 11 is 0. The molecule has 0 radical (unpaired) electrons. The molecule has 1 heteroatoms. The lowest BCUT2D eigenvalue weighted by molar-refractivity contribution is 0.0337. The van der Waals surface area contributed by atoms with Crippen molar-refractivity contribution in [3.05, 3.63) is 0 Å². The van der Waals surface area contributed by atoms with Gasteiger partial charge in [-0.15, -0.1) is 0 Å². The van der Waals surface area contributed by atoms with E-state index < -0.39 is 0 Å². The molecule has 1 fully saturated rings. The maximum absolute atomic E-state index is 10.2. The predicted molar refractivity (Wildman–Crippen MR) is 84.4 cm³/mol. The molecule has 1 aliphatic carbocycles. The lowest BCUT2D eigenvalue weighted by atomic mass is 9.92. The van der Waals surface area contributed by atoms with Gasteiger partial charge in [-0.25, -0.2) is 0 Å². The van der Waals surface area contributed by atoms with Crippen molar-refractivity contribution in [2.45, 2.75) is 109 Å². The first-order valence-electron chi connectivity index (χ1n) is 8.86. The van der Waals surface area contributed by atoms with Crippen LogP contribution in [0.25, 0.3) is 0 Å². The van der Waals surface area contributed by atoms with Gasteiger partial charge in [0.2, 0.25) is 0 Å². The standard InChI is InChI=1S/C18H36O/c1-3-4-5-6-7-8-9-10-11-12-15-18(2,19)16-17-13-14-17/h17,19H,3-16H2,1-2H3. The zero-order valence-electron chi connectivity index (χ0n) is 13.4. The Hall–Kier alpha value is -0.0400. The van der Waals surface area contributed by atoms with Crippen molar-refractivity contribution < 1.29 is 5.11 Å². The number of aliphatic hydroxyl groups is 1. The van der Waals surface area contributed by atoms with Gasteiger partial charge in [-0.2, -0.15) is 0 Å². The SMILES string of the molecule is CCCCCCCCCCCCC(C)(O)CC1CC1. The van der Waals surface area contributed by atoms with Crippen LogP contribution in [0.15, 0.2) is 0 Å². The molecule has 1 saturated carbocycles. The molecule has 1 N–H and O–H groups in total. The largest absolute Gasteiger partial charge is 0.390 e. The monoisotopic (exact) mass is 268 g/mol. The molecule has 0 heterocycles. The molecule has 0 aliphatic heterocycles. The normalized spacial score (nSPS) is 18.5. The van der Waals surface area contributed by atoms with Gasteiger partial charge in [0.15, 0.2) is 0 Å². The molecule has 1 rings (SSSR count). The van der Waals surface area contributed by atoms with Crippen LogP contribution >= 0.6 is 0 Å². The summed E-state index contributed by atoms with van der Waals surface area (Å²) in [4.78, 5) is 0. The summed E-state index contributed by atoms with van der Waals surface area (Å²) in [5, 5.41) is 10.2. The number of unbranched alkanes of at least 4 members (excludes halogenated alkanes) is 9. The molecule has 1 unspecified atom stereocenters. The highest BCUT2D eigenvalue weighted by molar-refractivity contribution is 4.83. The molecule has 0 aromatic carbocycles. The maximum Gasteiger partial charge on any atom is 0.0622 e. The second-order valence-corrected chi connectivity index (χ2v) is 7.08. The molecule has 0 amide bonds. The summed E-state index contributed by atoms with van der Waals surface area (Å²) < 4.78 is 0. The van der Waals surface area contributed by atoms with Crippen LogP contribution in [0.1, 0.15) is 104 Å². The Morgan fingerprint density at radius 1 is 0.842 bits per heavy atom. The van der Waals surface area contributed by atoms with Gasteiger partial charge in [-0.3, -0.25) is 0 Å². The summed E-state index contributed by atoms with van der Waals surface area (Å²) in [5.74, 6) is 0.845. The summed E-state index contributed by atoms with van der Waals surface area (Å²) in [5.41, 5.74) is -0.374. The van der Waals surface area contributed by atoms with Crippen LogP contribution in [0.3, 0.4) is 0 Å². The van der Waals surface area contributed by atoms with Gasteiger partial charge < -0.3 is 5.11 Å². The molecule has 19 heavy (non-hydrogen) atoms. The third-order valence-electron chi connectivity index (χ3n) is 4.49. The molecule has 0 bridgehead atoms. The molecule has 114 valence electrons. The van der Waals surface area contributed by atoms with Crippen molar-refractivity contribution in [1.82, 2.24) is 0 Å². The molecule has 0 spiro atoms. The van der Waals surface area contributed by atoms with E-state index in [1.54, 1.807) is 0 Å². The number of hydrogen-bond donors (Lipinski definition) is 1. The van der Waals surface area contributed by atoms with Crippen molar-refractivity contribution in [2.24, 2.45) is 5.92 Å². The van der Waals surface area contributed by atoms with Gasteiger partial charge >= 0.3 is 0 Å². The smallest absolute Gasteiger partial charge is 0.0622 e. The van der Waals surface area contributed by atoms with Crippen LogP contribution in [0.2, 0.25) is 0 Å². The van der Waals surface area contributed by atoms with Gasteiger partial charge in [0.1, 0.15) is 0 Å². The highest BCUT2D eigenvalue weighted by atomic mass is 16.3. The fourth-order valence-electron chi connectivity index (χ4n) is 3.04. The average molecular weight is 268 g/mol. The van der Waals surface area contributed by atoms with Crippen molar-refractivity contribution in [3.8, 4) is 0 Å². The maximum atomic E-state index is 10.2. The van der Waals surface area contributed by atoms with Gasteiger partial charge in [-0.05, 0) is 25.7 Å². The van der Waals surface area contributed by atoms with Crippen molar-refractivity contribution in [3.63, 3.8) is 0 Å². The Bertz CT molecular complexity index is 206. The summed E-state index contributed by atoms with van der Waals surface area (Å²) in [6, 6.07) is 0. The minimum atomic E-state index is -0.374. The van der Waals surface area contributed by atoms with Gasteiger partial charge in [0.25, 0.3) is 0 Å². The molecule has 1 nitrogen and oxygen atoms in total. The first kappa shape index (κ1) is 17.0. The molecule has 0 saturated heterocycles. The fourth-order valence-corrected chi connectivity index (χ4v) is 3.04. The van der Waals surface area contributed by atoms with E-state index in [2.05, 4.69) is 6.92 Å². The van der Waals surface area contributed by atoms with E-state index in [1.165, 1.54) is 77.0 Å². The molecule has 1 aliphatic rings. The van der Waals surface area contributed by atoms with E-state index >= 15 is 0 Å². The van der Waals surface area contributed by atoms with E-state index in [0.29, 0.717) is 0 Å². The summed E-state index contributed by atoms with van der Waals surface area (Å²) in [6.45, 7) is 4.32. The van der Waals surface area contributed by atoms with E-state index in [0.717, 1.165) is 18.8 Å². The van der Waals surface area contributed by atoms with Crippen LogP contribution in [0.5, 0.6) is 0 Å². The molecule has 0 aromatic heterocycles. The topological polar surface area (TPSA) is 20.2 Å². The van der Waals surface area contributed by atoms with Crippen LogP contribution in [0, 0.1) is 5.92 Å². The molecular weight excluding hydrogens is 232 g/mol.